The number of rotatable bonds is 6. The summed E-state index contributed by atoms with van der Waals surface area (Å²) in [5.41, 5.74) is 0. The number of hydrogen-bond acceptors (Lipinski definition) is 1. The van der Waals surface area contributed by atoms with Gasteiger partial charge in [-0.15, -0.1) is 0 Å². The molecule has 0 spiro atoms. The molecule has 0 aromatic heterocycles. The van der Waals surface area contributed by atoms with Crippen molar-refractivity contribution in [2.45, 2.75) is 52.4 Å². The van der Waals surface area contributed by atoms with E-state index in [0.717, 1.165) is 12.3 Å². The minimum Gasteiger partial charge on any atom is -0.481 e. The van der Waals surface area contributed by atoms with Gasteiger partial charge >= 0.3 is 5.97 Å². The van der Waals surface area contributed by atoms with Gasteiger partial charge in [-0.3, -0.25) is 4.79 Å². The van der Waals surface area contributed by atoms with Crippen molar-refractivity contribution in [3.05, 3.63) is 12.2 Å². The number of allylic oxidation sites excluding steroid dienone is 2. The summed E-state index contributed by atoms with van der Waals surface area (Å²) in [5, 5.41) is 9.02. The Balaban J connectivity index is 2.25. The molecular weight excluding hydrogens is 200 g/mol. The number of aliphatic carboxylic acids is 1. The predicted octanol–water partition coefficient (Wildman–Crippen LogP) is 3.87. The molecule has 0 aromatic carbocycles. The Morgan fingerprint density at radius 1 is 1.31 bits per heavy atom. The van der Waals surface area contributed by atoms with Crippen LogP contribution in [0.25, 0.3) is 0 Å². The molecule has 1 fully saturated rings. The topological polar surface area (TPSA) is 37.3 Å². The van der Waals surface area contributed by atoms with Crippen LogP contribution in [-0.2, 0) is 4.79 Å². The molecule has 0 heterocycles. The fraction of sp³-hybridized carbons (Fsp3) is 0.786. The Labute approximate surface area is 98.7 Å². The van der Waals surface area contributed by atoms with E-state index < -0.39 is 5.97 Å². The van der Waals surface area contributed by atoms with Gasteiger partial charge in [-0.05, 0) is 24.7 Å². The van der Waals surface area contributed by atoms with Crippen LogP contribution in [0.4, 0.5) is 0 Å². The number of hydrogen-bond donors (Lipinski definition) is 1. The molecule has 16 heavy (non-hydrogen) atoms. The molecule has 0 radical (unpaired) electrons. The van der Waals surface area contributed by atoms with Crippen molar-refractivity contribution in [1.29, 1.82) is 0 Å². The molecule has 2 nitrogen and oxygen atoms in total. The fourth-order valence-electron chi connectivity index (χ4n) is 2.44. The fourth-order valence-corrected chi connectivity index (χ4v) is 2.44. The second-order valence-electron chi connectivity index (χ2n) is 5.28. The van der Waals surface area contributed by atoms with Gasteiger partial charge in [0.05, 0.1) is 5.92 Å². The van der Waals surface area contributed by atoms with E-state index >= 15 is 0 Å². The predicted molar refractivity (Wildman–Crippen MR) is 66.3 cm³/mol. The SMILES string of the molecule is CC(C)C(CC=CCC1CCCC1)C(=O)O. The molecule has 0 saturated heterocycles. The molecule has 1 saturated carbocycles. The van der Waals surface area contributed by atoms with Crippen LogP contribution >= 0.6 is 0 Å². The third kappa shape index (κ3) is 4.38. The van der Waals surface area contributed by atoms with E-state index in [1.807, 2.05) is 13.8 Å². The zero-order valence-electron chi connectivity index (χ0n) is 10.5. The highest BCUT2D eigenvalue weighted by atomic mass is 16.4. The lowest BCUT2D eigenvalue weighted by atomic mass is 9.92. The molecule has 1 rings (SSSR count). The van der Waals surface area contributed by atoms with Crippen molar-refractivity contribution in [2.75, 3.05) is 0 Å². The molecule has 1 N–H and O–H groups in total. The highest BCUT2D eigenvalue weighted by Gasteiger charge is 2.19. The van der Waals surface area contributed by atoms with Crippen molar-refractivity contribution < 1.29 is 9.90 Å². The monoisotopic (exact) mass is 224 g/mol. The highest BCUT2D eigenvalue weighted by molar-refractivity contribution is 5.70. The van der Waals surface area contributed by atoms with E-state index in [1.54, 1.807) is 0 Å². The molecule has 0 amide bonds. The second-order valence-corrected chi connectivity index (χ2v) is 5.28. The lowest BCUT2D eigenvalue weighted by molar-refractivity contribution is -0.143. The summed E-state index contributed by atoms with van der Waals surface area (Å²) in [4.78, 5) is 11.0. The van der Waals surface area contributed by atoms with E-state index in [0.29, 0.717) is 6.42 Å². The molecular formula is C14H24O2. The lowest BCUT2D eigenvalue weighted by Gasteiger charge is -2.13. The highest BCUT2D eigenvalue weighted by Crippen LogP contribution is 2.28. The van der Waals surface area contributed by atoms with Gasteiger partial charge < -0.3 is 5.11 Å². The molecule has 1 atom stereocenters. The third-order valence-corrected chi connectivity index (χ3v) is 3.62. The van der Waals surface area contributed by atoms with Crippen LogP contribution in [-0.4, -0.2) is 11.1 Å². The summed E-state index contributed by atoms with van der Waals surface area (Å²) >= 11 is 0. The summed E-state index contributed by atoms with van der Waals surface area (Å²) in [6.07, 6.45) is 11.5. The van der Waals surface area contributed by atoms with Crippen molar-refractivity contribution in [3.63, 3.8) is 0 Å². The maximum Gasteiger partial charge on any atom is 0.307 e. The van der Waals surface area contributed by atoms with E-state index in [-0.39, 0.29) is 11.8 Å². The molecule has 1 unspecified atom stereocenters. The largest absolute Gasteiger partial charge is 0.481 e. The first kappa shape index (κ1) is 13.3. The normalized spacial score (nSPS) is 19.7. The number of carboxylic acids is 1. The Morgan fingerprint density at radius 2 is 1.94 bits per heavy atom. The molecule has 0 bridgehead atoms. The minimum absolute atomic E-state index is 0.216. The van der Waals surface area contributed by atoms with Crippen molar-refractivity contribution in [1.82, 2.24) is 0 Å². The Morgan fingerprint density at radius 3 is 2.44 bits per heavy atom. The first-order valence-corrected chi connectivity index (χ1v) is 6.49. The standard InChI is InChI=1S/C14H24O2/c1-11(2)13(14(15)16)10-6-5-9-12-7-3-4-8-12/h5-6,11-13H,3-4,7-10H2,1-2H3,(H,15,16). The van der Waals surface area contributed by atoms with Gasteiger partial charge in [-0.1, -0.05) is 51.7 Å². The van der Waals surface area contributed by atoms with Crippen LogP contribution in [0, 0.1) is 17.8 Å². The summed E-state index contributed by atoms with van der Waals surface area (Å²) in [6.45, 7) is 3.95. The Bertz CT molecular complexity index is 237. The Kier molecular flexibility index (Phi) is 5.58. The second kappa shape index (κ2) is 6.72. The molecule has 92 valence electrons. The first-order valence-electron chi connectivity index (χ1n) is 6.49. The van der Waals surface area contributed by atoms with Gasteiger partial charge in [0.2, 0.25) is 0 Å². The summed E-state index contributed by atoms with van der Waals surface area (Å²) < 4.78 is 0. The maximum atomic E-state index is 11.0. The van der Waals surface area contributed by atoms with Gasteiger partial charge in [-0.25, -0.2) is 0 Å². The van der Waals surface area contributed by atoms with E-state index in [2.05, 4.69) is 12.2 Å². The summed E-state index contributed by atoms with van der Waals surface area (Å²) in [7, 11) is 0. The zero-order chi connectivity index (χ0) is 12.0. The van der Waals surface area contributed by atoms with Crippen LogP contribution in [0.15, 0.2) is 12.2 Å². The average Bonchev–Trinajstić information content (AvgIpc) is 2.68. The number of carboxylic acid groups (broad SMARTS) is 1. The first-order chi connectivity index (χ1) is 7.61. The van der Waals surface area contributed by atoms with Crippen molar-refractivity contribution >= 4 is 5.97 Å². The van der Waals surface area contributed by atoms with Gasteiger partial charge in [-0.2, -0.15) is 0 Å². The van der Waals surface area contributed by atoms with Gasteiger partial charge in [0, 0.05) is 0 Å². The van der Waals surface area contributed by atoms with Gasteiger partial charge in [0.1, 0.15) is 0 Å². The smallest absolute Gasteiger partial charge is 0.307 e. The van der Waals surface area contributed by atoms with Crippen molar-refractivity contribution in [2.24, 2.45) is 17.8 Å². The molecule has 0 aliphatic heterocycles. The zero-order valence-corrected chi connectivity index (χ0v) is 10.5. The average molecular weight is 224 g/mol. The molecule has 1 aliphatic rings. The van der Waals surface area contributed by atoms with Crippen LogP contribution in [0.1, 0.15) is 52.4 Å². The van der Waals surface area contributed by atoms with E-state index in [9.17, 15) is 4.79 Å². The van der Waals surface area contributed by atoms with Crippen LogP contribution in [0.5, 0.6) is 0 Å². The quantitative estimate of drug-likeness (QED) is 0.695. The van der Waals surface area contributed by atoms with Gasteiger partial charge in [0.15, 0.2) is 0 Å². The summed E-state index contributed by atoms with van der Waals surface area (Å²) in [6, 6.07) is 0. The van der Waals surface area contributed by atoms with E-state index in [1.165, 1.54) is 25.7 Å². The van der Waals surface area contributed by atoms with Crippen LogP contribution < -0.4 is 0 Å². The molecule has 2 heteroatoms. The lowest BCUT2D eigenvalue weighted by Crippen LogP contribution is -2.18. The Hall–Kier alpha value is -0.790. The van der Waals surface area contributed by atoms with Crippen LogP contribution in [0.2, 0.25) is 0 Å². The summed E-state index contributed by atoms with van der Waals surface area (Å²) in [5.74, 6) is 0.188. The molecule has 0 aromatic rings. The third-order valence-electron chi connectivity index (χ3n) is 3.62. The maximum absolute atomic E-state index is 11.0. The number of carbonyl (C=O) groups is 1. The van der Waals surface area contributed by atoms with Crippen LogP contribution in [0.3, 0.4) is 0 Å². The van der Waals surface area contributed by atoms with Gasteiger partial charge in [0.25, 0.3) is 0 Å². The minimum atomic E-state index is -0.666. The van der Waals surface area contributed by atoms with Crippen molar-refractivity contribution in [3.8, 4) is 0 Å². The van der Waals surface area contributed by atoms with E-state index in [4.69, 9.17) is 5.11 Å². The molecule has 1 aliphatic carbocycles.